The summed E-state index contributed by atoms with van der Waals surface area (Å²) in [5.74, 6) is -9.43. The van der Waals surface area contributed by atoms with Crippen molar-refractivity contribution in [2.24, 2.45) is 41.4 Å². The minimum atomic E-state index is -4.22. The zero-order valence-corrected chi connectivity index (χ0v) is 43.5. The molecule has 0 bridgehead atoms. The number of thioether (sulfide) groups is 1. The van der Waals surface area contributed by atoms with Gasteiger partial charge in [0.1, 0.15) is 0 Å². The van der Waals surface area contributed by atoms with Gasteiger partial charge >= 0.3 is 17.9 Å². The summed E-state index contributed by atoms with van der Waals surface area (Å²) in [6.07, 6.45) is 0.138. The molecule has 5 saturated heterocycles. The second-order valence-electron chi connectivity index (χ2n) is 18.8. The number of hydrogen-bond donors (Lipinski definition) is 0. The molecule has 24 nitrogen and oxygen atoms in total. The van der Waals surface area contributed by atoms with Crippen molar-refractivity contribution in [3.63, 3.8) is 0 Å². The third kappa shape index (κ3) is 15.7. The van der Waals surface area contributed by atoms with Gasteiger partial charge in [0.25, 0.3) is 45.6 Å². The van der Waals surface area contributed by atoms with Gasteiger partial charge < -0.3 is 14.5 Å². The van der Waals surface area contributed by atoms with Crippen molar-refractivity contribution in [1.82, 2.24) is 25.0 Å². The number of hydroxylamine groups is 6. The van der Waals surface area contributed by atoms with Crippen LogP contribution in [0.3, 0.4) is 0 Å². The quantitative estimate of drug-likeness (QED) is 0.132. The molecular weight excluding hydrogens is 979 g/mol. The fraction of sp³-hybridized carbons (Fsp3) is 0.711. The molecular formula is C45H65N5O19S2. The zero-order chi connectivity index (χ0) is 54.0. The van der Waals surface area contributed by atoms with E-state index in [-0.39, 0.29) is 129 Å². The number of carbonyl (C=O) groups excluding carboxylic acids is 13. The summed E-state index contributed by atoms with van der Waals surface area (Å²) >= 11 is 1.50. The summed E-state index contributed by atoms with van der Waals surface area (Å²) in [6.45, 7) is 17.9. The Hall–Kier alpha value is -5.63. The van der Waals surface area contributed by atoms with Crippen molar-refractivity contribution < 1.29 is 89.4 Å². The van der Waals surface area contributed by atoms with E-state index in [2.05, 4.69) is 4.18 Å². The van der Waals surface area contributed by atoms with Crippen molar-refractivity contribution in [3.8, 4) is 0 Å². The van der Waals surface area contributed by atoms with E-state index in [1.54, 1.807) is 20.8 Å². The Balaban J connectivity index is 0.000000282. The van der Waals surface area contributed by atoms with Crippen molar-refractivity contribution in [2.75, 3.05) is 20.2 Å². The van der Waals surface area contributed by atoms with Crippen molar-refractivity contribution in [3.05, 3.63) is 0 Å². The van der Waals surface area contributed by atoms with E-state index in [1.165, 1.54) is 23.6 Å². The van der Waals surface area contributed by atoms with Gasteiger partial charge in [-0.05, 0) is 29.9 Å². The number of nitrogens with zero attached hydrogens (tertiary/aromatic N) is 5. The molecule has 5 aliphatic rings. The minimum Gasteiger partial charge on any atom is -0.330 e. The smallest absolute Gasteiger partial charge is 0.330 e. The maximum Gasteiger partial charge on any atom is 0.353 e. The van der Waals surface area contributed by atoms with Crippen LogP contribution in [0, 0.1) is 41.4 Å². The van der Waals surface area contributed by atoms with Gasteiger partial charge in [-0.2, -0.15) is 20.2 Å². The van der Waals surface area contributed by atoms with E-state index in [1.807, 2.05) is 41.5 Å². The molecule has 0 N–H and O–H groups in total. The van der Waals surface area contributed by atoms with Gasteiger partial charge in [-0.1, -0.05) is 69.2 Å². The second-order valence-corrected chi connectivity index (χ2v) is 22.7. The normalized spacial score (nSPS) is 23.6. The molecule has 5 rings (SSSR count). The topological polar surface area (TPSA) is 309 Å². The van der Waals surface area contributed by atoms with Crippen LogP contribution in [-0.2, 0) is 91.1 Å². The van der Waals surface area contributed by atoms with E-state index in [9.17, 15) is 70.7 Å². The molecule has 7 unspecified atom stereocenters. The minimum absolute atomic E-state index is 0.00524. The lowest BCUT2D eigenvalue weighted by Gasteiger charge is -2.21. The van der Waals surface area contributed by atoms with Gasteiger partial charge in [0.05, 0.1) is 13.5 Å². The van der Waals surface area contributed by atoms with Crippen LogP contribution in [0.25, 0.3) is 0 Å². The Morgan fingerprint density at radius 3 is 1.27 bits per heavy atom. The molecule has 5 heterocycles. The first kappa shape index (κ1) is 59.7. The van der Waals surface area contributed by atoms with Crippen molar-refractivity contribution in [1.29, 1.82) is 0 Å². The van der Waals surface area contributed by atoms with Crippen LogP contribution >= 0.6 is 11.8 Å². The van der Waals surface area contributed by atoms with Crippen LogP contribution < -0.4 is 0 Å². The molecule has 0 spiro atoms. The van der Waals surface area contributed by atoms with Gasteiger partial charge in [0.15, 0.2) is 5.25 Å². The summed E-state index contributed by atoms with van der Waals surface area (Å²) in [5.41, 5.74) is 0. The molecule has 0 aromatic carbocycles. The van der Waals surface area contributed by atoms with E-state index >= 15 is 0 Å². The van der Waals surface area contributed by atoms with E-state index in [0.29, 0.717) is 15.2 Å². The molecule has 0 aromatic rings. The van der Waals surface area contributed by atoms with Crippen LogP contribution in [0.1, 0.15) is 127 Å². The Kier molecular flexibility index (Phi) is 21.6. The van der Waals surface area contributed by atoms with E-state index < -0.39 is 86.5 Å². The Bertz CT molecular complexity index is 2250. The largest absolute Gasteiger partial charge is 0.353 e. The molecule has 5 aliphatic heterocycles. The monoisotopic (exact) mass is 1040 g/mol. The molecule has 10 amide bonds. The number of hydrogen-bond acceptors (Lipinski definition) is 20. The number of imide groups is 5. The molecule has 7 atom stereocenters. The maximum absolute atomic E-state index is 12.3. The first-order valence-corrected chi connectivity index (χ1v) is 25.7. The zero-order valence-electron chi connectivity index (χ0n) is 41.9. The van der Waals surface area contributed by atoms with Crippen LogP contribution in [0.4, 0.5) is 0 Å². The average Bonchev–Trinajstić information content (AvgIpc) is 3.97. The lowest BCUT2D eigenvalue weighted by molar-refractivity contribution is -0.198. The highest BCUT2D eigenvalue weighted by Gasteiger charge is 2.45. The van der Waals surface area contributed by atoms with E-state index in [4.69, 9.17) is 14.5 Å². The molecule has 26 heteroatoms. The lowest BCUT2D eigenvalue weighted by Crippen LogP contribution is -2.41. The van der Waals surface area contributed by atoms with Crippen molar-refractivity contribution >= 4 is 98.9 Å². The summed E-state index contributed by atoms with van der Waals surface area (Å²) in [4.78, 5) is 170. The van der Waals surface area contributed by atoms with Crippen molar-refractivity contribution in [2.45, 2.75) is 143 Å². The summed E-state index contributed by atoms with van der Waals surface area (Å²) in [6, 6.07) is 0. The lowest BCUT2D eigenvalue weighted by atomic mass is 9.94. The van der Waals surface area contributed by atoms with Gasteiger partial charge in [-0.3, -0.25) is 61.9 Å². The molecule has 0 aromatic heterocycles. The highest BCUT2D eigenvalue weighted by atomic mass is 32.2. The standard InChI is InChI=1S/C16H22N2O6.C15H20N2O6.C14H23NO7S2/c1-9(2)11-8-12(19)17(16(11)23)6-4-5-14(21)24-18-13(20)7-10(3)15(18)22;1-8(2)10-7-11(18)16(15(10)22)5-4-13(20)23-17-12(19)6-9(3)14(17)21;1-8(2)23-10(4)7-11(24(19,20)21-5)14(18)22-15-12(16)6-9(3)13(15)17/h9-11H,4-8H2,1-3H3;8-10H,4-7H2,1-3H3;8-11H,6-7H2,1-5H3. The Morgan fingerprint density at radius 1 is 0.549 bits per heavy atom. The van der Waals surface area contributed by atoms with Crippen LogP contribution in [0.15, 0.2) is 0 Å². The van der Waals surface area contributed by atoms with Crippen LogP contribution in [0.5, 0.6) is 0 Å². The molecule has 0 radical (unpaired) electrons. The SMILES string of the molecule is CC1CC(=O)N(OC(=O)CCCN2C(=O)CC(C(C)C)C2=O)C1=O.CC1CC(=O)N(OC(=O)CCN2C(=O)CC(C(C)C)C2=O)C1=O.COS(=O)(=O)C(CC(C)SC(C)C)C(=O)ON1C(=O)CC(C)C1=O. The Labute approximate surface area is 416 Å². The predicted octanol–water partition coefficient (Wildman–Crippen LogP) is 2.02. The number of rotatable bonds is 19. The number of carbonyl (C=O) groups is 13. The van der Waals surface area contributed by atoms with E-state index in [0.717, 1.165) is 12.0 Å². The highest BCUT2D eigenvalue weighted by Crippen LogP contribution is 2.29. The summed E-state index contributed by atoms with van der Waals surface area (Å²) in [5, 5.41) is -0.210. The fourth-order valence-electron chi connectivity index (χ4n) is 7.78. The first-order chi connectivity index (χ1) is 32.9. The fourth-order valence-corrected chi connectivity index (χ4v) is 10.2. The van der Waals surface area contributed by atoms with Gasteiger partial charge in [-0.25, -0.2) is 14.4 Å². The third-order valence-corrected chi connectivity index (χ3v) is 14.7. The van der Waals surface area contributed by atoms with Crippen LogP contribution in [0.2, 0.25) is 0 Å². The number of likely N-dealkylation sites (tertiary alicyclic amines) is 2. The van der Waals surface area contributed by atoms with Gasteiger partial charge in [-0.15, -0.1) is 15.2 Å². The number of amides is 10. The Morgan fingerprint density at radius 2 is 0.930 bits per heavy atom. The van der Waals surface area contributed by atoms with Crippen LogP contribution in [-0.4, -0.2) is 146 Å². The predicted molar refractivity (Wildman–Crippen MR) is 245 cm³/mol. The summed E-state index contributed by atoms with van der Waals surface area (Å²) in [7, 11) is -3.27. The molecule has 5 fully saturated rings. The van der Waals surface area contributed by atoms with Gasteiger partial charge in [0, 0.05) is 86.5 Å². The third-order valence-electron chi connectivity index (χ3n) is 11.9. The highest BCUT2D eigenvalue weighted by molar-refractivity contribution is 8.00. The van der Waals surface area contributed by atoms with Gasteiger partial charge in [0.2, 0.25) is 23.6 Å². The molecule has 0 saturated carbocycles. The molecule has 396 valence electrons. The average molecular weight is 1040 g/mol. The molecule has 71 heavy (non-hydrogen) atoms. The summed E-state index contributed by atoms with van der Waals surface area (Å²) < 4.78 is 28.5. The molecule has 0 aliphatic carbocycles. The first-order valence-electron chi connectivity index (χ1n) is 23.3. The maximum atomic E-state index is 12.3. The second kappa shape index (κ2) is 25.7.